The van der Waals surface area contributed by atoms with Crippen LogP contribution in [0.5, 0.6) is 0 Å². The molecule has 1 atom stereocenters. The molecule has 11 heteroatoms. The number of anilines is 1. The summed E-state index contributed by atoms with van der Waals surface area (Å²) in [7, 11) is -3.97. The molecule has 0 saturated heterocycles. The van der Waals surface area contributed by atoms with Crippen LogP contribution in [-0.4, -0.2) is 50.0 Å². The zero-order chi connectivity index (χ0) is 29.6. The van der Waals surface area contributed by atoms with Gasteiger partial charge in [-0.15, -0.1) is 0 Å². The first kappa shape index (κ1) is 30.8. The highest BCUT2D eigenvalue weighted by atomic mass is 35.5. The molecule has 1 N–H and O–H groups in total. The Labute approximate surface area is 250 Å². The van der Waals surface area contributed by atoms with Crippen LogP contribution < -0.4 is 9.62 Å². The molecule has 0 radical (unpaired) electrons. The fourth-order valence-corrected chi connectivity index (χ4v) is 6.12. The molecule has 0 bridgehead atoms. The van der Waals surface area contributed by atoms with Gasteiger partial charge in [-0.2, -0.15) is 0 Å². The van der Waals surface area contributed by atoms with Crippen molar-refractivity contribution in [3.05, 3.63) is 99.8 Å². The first-order chi connectivity index (χ1) is 19.5. The van der Waals surface area contributed by atoms with Gasteiger partial charge in [0.25, 0.3) is 0 Å². The summed E-state index contributed by atoms with van der Waals surface area (Å²) in [4.78, 5) is 29.1. The molecule has 0 aliphatic heterocycles. The van der Waals surface area contributed by atoms with Crippen LogP contribution in [0.1, 0.15) is 36.8 Å². The minimum Gasteiger partial charge on any atom is -0.352 e. The lowest BCUT2D eigenvalue weighted by molar-refractivity contribution is -0.140. The van der Waals surface area contributed by atoms with Gasteiger partial charge in [-0.25, -0.2) is 12.8 Å². The molecule has 7 nitrogen and oxygen atoms in total. The molecule has 1 fully saturated rings. The fraction of sp³-hybridized carbons (Fsp3) is 0.333. The third-order valence-corrected chi connectivity index (χ3v) is 9.02. The minimum absolute atomic E-state index is 0.0186. The molecule has 2 amide bonds. The van der Waals surface area contributed by atoms with Gasteiger partial charge in [0.05, 0.1) is 22.0 Å². The number of carbonyl (C=O) groups excluding carboxylic acids is 2. The Morgan fingerprint density at radius 2 is 1.63 bits per heavy atom. The van der Waals surface area contributed by atoms with E-state index in [4.69, 9.17) is 23.2 Å². The van der Waals surface area contributed by atoms with Crippen LogP contribution in [0.3, 0.4) is 0 Å². The maximum Gasteiger partial charge on any atom is 0.244 e. The fourth-order valence-electron chi connectivity index (χ4n) is 4.99. The smallest absolute Gasteiger partial charge is 0.244 e. The number of hydrogen-bond donors (Lipinski definition) is 1. The number of benzene rings is 3. The summed E-state index contributed by atoms with van der Waals surface area (Å²) in [6.45, 7) is -0.868. The van der Waals surface area contributed by atoms with E-state index in [1.165, 1.54) is 41.3 Å². The van der Waals surface area contributed by atoms with E-state index in [0.717, 1.165) is 41.8 Å². The molecule has 1 saturated carbocycles. The van der Waals surface area contributed by atoms with Crippen molar-refractivity contribution in [3.8, 4) is 0 Å². The van der Waals surface area contributed by atoms with E-state index in [-0.39, 0.29) is 46.2 Å². The van der Waals surface area contributed by atoms with Crippen LogP contribution in [0.15, 0.2) is 72.8 Å². The molecule has 4 rings (SSSR count). The van der Waals surface area contributed by atoms with Gasteiger partial charge in [-0.05, 0) is 42.7 Å². The zero-order valence-corrected chi connectivity index (χ0v) is 24.9. The molecule has 0 heterocycles. The summed E-state index contributed by atoms with van der Waals surface area (Å²) in [5.74, 6) is -1.58. The van der Waals surface area contributed by atoms with Crippen LogP contribution in [0.2, 0.25) is 10.0 Å². The first-order valence-electron chi connectivity index (χ1n) is 13.3. The molecule has 218 valence electrons. The highest BCUT2D eigenvalue weighted by molar-refractivity contribution is 7.92. The molecule has 0 aromatic heterocycles. The average Bonchev–Trinajstić information content (AvgIpc) is 3.44. The van der Waals surface area contributed by atoms with Gasteiger partial charge < -0.3 is 10.2 Å². The summed E-state index contributed by atoms with van der Waals surface area (Å²) >= 11 is 12.2. The van der Waals surface area contributed by atoms with Crippen molar-refractivity contribution in [2.45, 2.75) is 50.7 Å². The standard InChI is InChI=1S/C30H32Cl2FN3O4S/c1-41(39,40)36(24-15-16-25(31)26(32)18-24)20-29(37)35(19-22-11-5-8-14-27(22)33)28(17-21-9-3-2-4-10-21)30(38)34-23-12-6-7-13-23/h2-5,8-11,14-16,18,23,28H,6-7,12-13,17,19-20H2,1H3,(H,34,38)/t28-/m0/s1. The van der Waals surface area contributed by atoms with Crippen LogP contribution in [0, 0.1) is 5.82 Å². The van der Waals surface area contributed by atoms with Gasteiger partial charge in [0.2, 0.25) is 21.8 Å². The van der Waals surface area contributed by atoms with Crippen LogP contribution in [0.25, 0.3) is 0 Å². The Morgan fingerprint density at radius 3 is 2.27 bits per heavy atom. The molecular weight excluding hydrogens is 588 g/mol. The summed E-state index contributed by atoms with van der Waals surface area (Å²) < 4.78 is 41.5. The monoisotopic (exact) mass is 619 g/mol. The third kappa shape index (κ3) is 8.21. The van der Waals surface area contributed by atoms with Crippen LogP contribution >= 0.6 is 23.2 Å². The van der Waals surface area contributed by atoms with E-state index in [2.05, 4.69) is 5.32 Å². The predicted molar refractivity (Wildman–Crippen MR) is 160 cm³/mol. The number of nitrogens with zero attached hydrogens (tertiary/aromatic N) is 2. The van der Waals surface area contributed by atoms with E-state index in [1.807, 2.05) is 30.3 Å². The Balaban J connectivity index is 1.74. The number of nitrogens with one attached hydrogen (secondary N) is 1. The number of halogens is 3. The van der Waals surface area contributed by atoms with Crippen molar-refractivity contribution < 1.29 is 22.4 Å². The van der Waals surface area contributed by atoms with E-state index in [1.54, 1.807) is 6.07 Å². The Morgan fingerprint density at radius 1 is 0.976 bits per heavy atom. The van der Waals surface area contributed by atoms with Crippen molar-refractivity contribution in [1.29, 1.82) is 0 Å². The quantitative estimate of drug-likeness (QED) is 0.303. The second kappa shape index (κ2) is 13.7. The van der Waals surface area contributed by atoms with Crippen molar-refractivity contribution in [2.75, 3.05) is 17.1 Å². The minimum atomic E-state index is -3.97. The predicted octanol–water partition coefficient (Wildman–Crippen LogP) is 5.60. The molecule has 0 unspecified atom stereocenters. The highest BCUT2D eigenvalue weighted by Gasteiger charge is 2.34. The Bertz CT molecular complexity index is 1480. The summed E-state index contributed by atoms with van der Waals surface area (Å²) in [5, 5.41) is 3.42. The number of amides is 2. The van der Waals surface area contributed by atoms with Crippen LogP contribution in [-0.2, 0) is 32.6 Å². The topological polar surface area (TPSA) is 86.8 Å². The van der Waals surface area contributed by atoms with Gasteiger partial charge in [0.1, 0.15) is 18.4 Å². The lowest BCUT2D eigenvalue weighted by atomic mass is 10.0. The van der Waals surface area contributed by atoms with Crippen LogP contribution in [0.4, 0.5) is 10.1 Å². The second-order valence-electron chi connectivity index (χ2n) is 10.2. The van der Waals surface area contributed by atoms with E-state index in [0.29, 0.717) is 0 Å². The molecule has 3 aromatic carbocycles. The van der Waals surface area contributed by atoms with Crippen molar-refractivity contribution >= 4 is 50.7 Å². The van der Waals surface area contributed by atoms with Gasteiger partial charge >= 0.3 is 0 Å². The van der Waals surface area contributed by atoms with E-state index < -0.39 is 34.3 Å². The van der Waals surface area contributed by atoms with Crippen molar-refractivity contribution in [2.24, 2.45) is 0 Å². The Hall–Kier alpha value is -3.14. The Kier molecular flexibility index (Phi) is 10.3. The molecule has 3 aromatic rings. The summed E-state index contributed by atoms with van der Waals surface area (Å²) in [6, 6.07) is 18.4. The van der Waals surface area contributed by atoms with E-state index >= 15 is 0 Å². The lowest BCUT2D eigenvalue weighted by Gasteiger charge is -2.34. The van der Waals surface area contributed by atoms with Gasteiger partial charge in [-0.1, -0.05) is 84.6 Å². The summed E-state index contributed by atoms with van der Waals surface area (Å²) in [5.41, 5.74) is 1.14. The maximum absolute atomic E-state index is 14.9. The van der Waals surface area contributed by atoms with Gasteiger partial charge in [0.15, 0.2) is 0 Å². The molecule has 1 aliphatic rings. The van der Waals surface area contributed by atoms with Crippen molar-refractivity contribution in [1.82, 2.24) is 10.2 Å². The SMILES string of the molecule is CS(=O)(=O)N(CC(=O)N(Cc1ccccc1F)[C@@H](Cc1ccccc1)C(=O)NC1CCCC1)c1ccc(Cl)c(Cl)c1. The van der Waals surface area contributed by atoms with Gasteiger partial charge in [0, 0.05) is 24.6 Å². The van der Waals surface area contributed by atoms with Gasteiger partial charge in [-0.3, -0.25) is 13.9 Å². The second-order valence-corrected chi connectivity index (χ2v) is 12.9. The van der Waals surface area contributed by atoms with Crippen molar-refractivity contribution in [3.63, 3.8) is 0 Å². The summed E-state index contributed by atoms with van der Waals surface area (Å²) in [6.07, 6.45) is 4.80. The average molecular weight is 621 g/mol. The normalized spacial score (nSPS) is 14.4. The largest absolute Gasteiger partial charge is 0.352 e. The molecule has 41 heavy (non-hydrogen) atoms. The van der Waals surface area contributed by atoms with E-state index in [9.17, 15) is 22.4 Å². The number of carbonyl (C=O) groups is 2. The zero-order valence-electron chi connectivity index (χ0n) is 22.6. The highest BCUT2D eigenvalue weighted by Crippen LogP contribution is 2.29. The lowest BCUT2D eigenvalue weighted by Crippen LogP contribution is -2.54. The molecule has 0 spiro atoms. The molecule has 1 aliphatic carbocycles. The number of sulfonamides is 1. The number of hydrogen-bond acceptors (Lipinski definition) is 4. The molecular formula is C30H32Cl2FN3O4S. The third-order valence-electron chi connectivity index (χ3n) is 7.14. The maximum atomic E-state index is 14.9. The number of rotatable bonds is 11. The first-order valence-corrected chi connectivity index (χ1v) is 15.9.